The number of aromatic hydroxyl groups is 1. The van der Waals surface area contributed by atoms with E-state index in [-0.39, 0.29) is 11.7 Å². The Bertz CT molecular complexity index is 993. The molecular formula is C20H19N5O. The molecule has 0 fully saturated rings. The van der Waals surface area contributed by atoms with Crippen molar-refractivity contribution < 1.29 is 5.11 Å². The third kappa shape index (κ3) is 3.26. The summed E-state index contributed by atoms with van der Waals surface area (Å²) in [7, 11) is 0. The van der Waals surface area contributed by atoms with Gasteiger partial charge in [-0.1, -0.05) is 37.3 Å². The Morgan fingerprint density at radius 1 is 1.31 bits per heavy atom. The molecule has 1 aromatic heterocycles. The van der Waals surface area contributed by atoms with Gasteiger partial charge in [0.05, 0.1) is 11.4 Å². The van der Waals surface area contributed by atoms with Crippen molar-refractivity contribution in [1.82, 2.24) is 20.6 Å². The van der Waals surface area contributed by atoms with Crippen LogP contribution in [-0.4, -0.2) is 31.4 Å². The SMILES string of the molecule is C/C(=C\C=C(/C1=CC1)c1nn[nH]n1)C1=Nc2ccc(O)cc2C=C[C@@H]1C. The molecule has 4 rings (SSSR count). The number of aromatic nitrogens is 4. The molecule has 130 valence electrons. The predicted molar refractivity (Wildman–Crippen MR) is 102 cm³/mol. The molecule has 6 nitrogen and oxygen atoms in total. The molecule has 0 radical (unpaired) electrons. The van der Waals surface area contributed by atoms with Crippen molar-refractivity contribution in [2.75, 3.05) is 0 Å². The number of rotatable bonds is 4. The average molecular weight is 345 g/mol. The molecule has 2 aromatic rings. The van der Waals surface area contributed by atoms with Crippen LogP contribution in [0.15, 0.2) is 58.6 Å². The van der Waals surface area contributed by atoms with Crippen molar-refractivity contribution in [2.24, 2.45) is 10.9 Å². The zero-order chi connectivity index (χ0) is 18.1. The smallest absolute Gasteiger partial charge is 0.204 e. The third-order valence-electron chi connectivity index (χ3n) is 4.49. The van der Waals surface area contributed by atoms with Crippen molar-refractivity contribution in [2.45, 2.75) is 20.3 Å². The minimum absolute atomic E-state index is 0.169. The first-order valence-electron chi connectivity index (χ1n) is 8.54. The highest BCUT2D eigenvalue weighted by Gasteiger charge is 2.19. The number of hydrogen-bond donors (Lipinski definition) is 2. The molecule has 0 spiro atoms. The van der Waals surface area contributed by atoms with Crippen molar-refractivity contribution in [3.05, 3.63) is 65.0 Å². The van der Waals surface area contributed by atoms with Crippen LogP contribution in [0, 0.1) is 5.92 Å². The summed E-state index contributed by atoms with van der Waals surface area (Å²) in [4.78, 5) is 4.84. The summed E-state index contributed by atoms with van der Waals surface area (Å²) < 4.78 is 0. The number of H-pyrrole nitrogens is 1. The van der Waals surface area contributed by atoms with Gasteiger partial charge in [-0.25, -0.2) is 0 Å². The molecule has 0 amide bonds. The van der Waals surface area contributed by atoms with E-state index in [0.29, 0.717) is 5.82 Å². The molecule has 6 heteroatoms. The standard InChI is InChI=1S/C20H19N5O/c1-12-3-5-15-11-16(26)8-10-18(15)21-19(12)13(2)4-9-17(14-6-7-14)20-22-24-25-23-20/h3-6,8-12,26H,7H2,1-2H3,(H,22,23,24,25)/b13-4+,17-9+/t12-/m0/s1. The van der Waals surface area contributed by atoms with Gasteiger partial charge in [0.15, 0.2) is 0 Å². The van der Waals surface area contributed by atoms with Crippen LogP contribution in [0.4, 0.5) is 5.69 Å². The largest absolute Gasteiger partial charge is 0.508 e. The lowest BCUT2D eigenvalue weighted by molar-refractivity contribution is 0.475. The van der Waals surface area contributed by atoms with Crippen LogP contribution in [0.2, 0.25) is 0 Å². The van der Waals surface area contributed by atoms with Gasteiger partial charge in [-0.2, -0.15) is 5.21 Å². The number of allylic oxidation sites excluding steroid dienone is 7. The van der Waals surface area contributed by atoms with Gasteiger partial charge >= 0.3 is 0 Å². The molecule has 1 aliphatic heterocycles. The van der Waals surface area contributed by atoms with Crippen LogP contribution in [0.25, 0.3) is 11.6 Å². The zero-order valence-corrected chi connectivity index (χ0v) is 14.6. The van der Waals surface area contributed by atoms with Crippen LogP contribution in [0.1, 0.15) is 31.7 Å². The number of fused-ring (bicyclic) bond motifs is 1. The maximum atomic E-state index is 9.69. The van der Waals surface area contributed by atoms with Crippen LogP contribution >= 0.6 is 0 Å². The monoisotopic (exact) mass is 345 g/mol. The number of phenolic OH excluding ortho intramolecular Hbond substituents is 1. The number of tetrazole rings is 1. The normalized spacial score (nSPS) is 19.5. The lowest BCUT2D eigenvalue weighted by Gasteiger charge is -2.10. The number of phenols is 1. The fraction of sp³-hybridized carbons (Fsp3) is 0.200. The van der Waals surface area contributed by atoms with E-state index in [9.17, 15) is 5.11 Å². The first-order chi connectivity index (χ1) is 12.6. The molecule has 2 N–H and O–H groups in total. The number of hydrogen-bond acceptors (Lipinski definition) is 5. The summed E-state index contributed by atoms with van der Waals surface area (Å²) in [6.07, 6.45) is 11.3. The van der Waals surface area contributed by atoms with Crippen molar-refractivity contribution >= 4 is 23.0 Å². The molecule has 0 unspecified atom stereocenters. The Morgan fingerprint density at radius 3 is 2.88 bits per heavy atom. The van der Waals surface area contributed by atoms with Gasteiger partial charge in [0.1, 0.15) is 5.75 Å². The van der Waals surface area contributed by atoms with Gasteiger partial charge in [-0.05, 0) is 47.9 Å². The minimum atomic E-state index is 0.169. The molecular weight excluding hydrogens is 326 g/mol. The average Bonchev–Trinajstić information content (AvgIpc) is 3.35. The van der Waals surface area contributed by atoms with Crippen LogP contribution in [0.5, 0.6) is 5.75 Å². The minimum Gasteiger partial charge on any atom is -0.508 e. The second-order valence-electron chi connectivity index (χ2n) is 6.49. The van der Waals surface area contributed by atoms with Gasteiger partial charge in [-0.15, -0.1) is 10.2 Å². The molecule has 1 aliphatic carbocycles. The Balaban J connectivity index is 1.70. The highest BCUT2D eigenvalue weighted by molar-refractivity contribution is 6.05. The molecule has 1 atom stereocenters. The Morgan fingerprint density at radius 2 is 2.15 bits per heavy atom. The van der Waals surface area contributed by atoms with Gasteiger partial charge in [0.25, 0.3) is 0 Å². The fourth-order valence-corrected chi connectivity index (χ4v) is 2.96. The summed E-state index contributed by atoms with van der Waals surface area (Å²) in [5, 5.41) is 24.0. The quantitative estimate of drug-likeness (QED) is 0.820. The maximum absolute atomic E-state index is 9.69. The molecule has 0 saturated heterocycles. The molecule has 0 bridgehead atoms. The first-order valence-corrected chi connectivity index (χ1v) is 8.54. The van der Waals surface area contributed by atoms with E-state index in [1.54, 1.807) is 12.1 Å². The van der Waals surface area contributed by atoms with Crippen molar-refractivity contribution in [3.8, 4) is 5.75 Å². The molecule has 2 heterocycles. The lowest BCUT2D eigenvalue weighted by atomic mass is 9.98. The summed E-state index contributed by atoms with van der Waals surface area (Å²) >= 11 is 0. The van der Waals surface area contributed by atoms with E-state index in [4.69, 9.17) is 4.99 Å². The van der Waals surface area contributed by atoms with E-state index >= 15 is 0 Å². The molecule has 1 aromatic carbocycles. The highest BCUT2D eigenvalue weighted by atomic mass is 16.3. The number of nitrogens with one attached hydrogen (secondary N) is 1. The Kier molecular flexibility index (Phi) is 4.08. The van der Waals surface area contributed by atoms with Crippen LogP contribution in [0.3, 0.4) is 0 Å². The summed E-state index contributed by atoms with van der Waals surface area (Å²) in [6, 6.07) is 5.24. The van der Waals surface area contributed by atoms with Gasteiger partial charge in [-0.3, -0.25) is 4.99 Å². The second kappa shape index (κ2) is 6.55. The number of aromatic amines is 1. The van der Waals surface area contributed by atoms with E-state index in [1.165, 1.54) is 5.57 Å². The summed E-state index contributed by atoms with van der Waals surface area (Å²) in [6.45, 7) is 4.17. The topological polar surface area (TPSA) is 87.0 Å². The van der Waals surface area contributed by atoms with E-state index in [2.05, 4.69) is 52.7 Å². The zero-order valence-electron chi connectivity index (χ0n) is 14.6. The Hall–Kier alpha value is -3.28. The van der Waals surface area contributed by atoms with E-state index < -0.39 is 0 Å². The second-order valence-corrected chi connectivity index (χ2v) is 6.49. The number of benzene rings is 1. The number of aliphatic imine (C=N–C) groups is 1. The van der Waals surface area contributed by atoms with Gasteiger partial charge < -0.3 is 5.11 Å². The predicted octanol–water partition coefficient (Wildman–Crippen LogP) is 4.00. The summed E-state index contributed by atoms with van der Waals surface area (Å²) in [5.74, 6) is 1.02. The van der Waals surface area contributed by atoms with Crippen LogP contribution < -0.4 is 0 Å². The van der Waals surface area contributed by atoms with Gasteiger partial charge in [0, 0.05) is 17.1 Å². The van der Waals surface area contributed by atoms with Crippen molar-refractivity contribution in [1.29, 1.82) is 0 Å². The lowest BCUT2D eigenvalue weighted by Crippen LogP contribution is -2.09. The summed E-state index contributed by atoms with van der Waals surface area (Å²) in [5.41, 5.74) is 6.07. The molecule has 2 aliphatic rings. The van der Waals surface area contributed by atoms with E-state index in [0.717, 1.165) is 34.5 Å². The molecule has 0 saturated carbocycles. The van der Waals surface area contributed by atoms with Crippen LogP contribution in [-0.2, 0) is 0 Å². The first kappa shape index (κ1) is 16.2. The third-order valence-corrected chi connectivity index (χ3v) is 4.49. The maximum Gasteiger partial charge on any atom is 0.204 e. The fourth-order valence-electron chi connectivity index (χ4n) is 2.96. The van der Waals surface area contributed by atoms with E-state index in [1.807, 2.05) is 18.2 Å². The van der Waals surface area contributed by atoms with Crippen molar-refractivity contribution in [3.63, 3.8) is 0 Å². The molecule has 26 heavy (non-hydrogen) atoms. The highest BCUT2D eigenvalue weighted by Crippen LogP contribution is 2.33. The number of nitrogens with zero attached hydrogens (tertiary/aromatic N) is 4. The Labute approximate surface area is 151 Å². The van der Waals surface area contributed by atoms with Gasteiger partial charge in [0.2, 0.25) is 5.82 Å².